The second-order valence-corrected chi connectivity index (χ2v) is 5.37. The fourth-order valence-electron chi connectivity index (χ4n) is 1.89. The van der Waals surface area contributed by atoms with Gasteiger partial charge in [-0.05, 0) is 59.2 Å². The molecule has 0 radical (unpaired) electrons. The Labute approximate surface area is 120 Å². The second-order valence-electron chi connectivity index (χ2n) is 4.11. The molecule has 0 saturated carbocycles. The summed E-state index contributed by atoms with van der Waals surface area (Å²) in [6.07, 6.45) is 0. The molecule has 0 amide bonds. The van der Waals surface area contributed by atoms with Crippen molar-refractivity contribution in [2.24, 2.45) is 0 Å². The topological polar surface area (TPSA) is 25.2 Å². The predicted molar refractivity (Wildman–Crippen MR) is 78.1 cm³/mol. The van der Waals surface area contributed by atoms with E-state index in [1.807, 2.05) is 37.3 Å². The SMILES string of the molecule is CCNC(c1ccc(Br)c(Cl)c1)c1ccc(C)o1. The summed E-state index contributed by atoms with van der Waals surface area (Å²) in [5.74, 6) is 1.82. The van der Waals surface area contributed by atoms with Gasteiger partial charge < -0.3 is 9.73 Å². The number of rotatable bonds is 4. The van der Waals surface area contributed by atoms with Crippen molar-refractivity contribution in [2.75, 3.05) is 6.54 Å². The van der Waals surface area contributed by atoms with Crippen LogP contribution in [0.25, 0.3) is 0 Å². The highest BCUT2D eigenvalue weighted by Crippen LogP contribution is 2.29. The third-order valence-corrected chi connectivity index (χ3v) is 3.96. The molecule has 1 heterocycles. The van der Waals surface area contributed by atoms with Gasteiger partial charge in [-0.3, -0.25) is 0 Å². The first-order valence-electron chi connectivity index (χ1n) is 5.86. The van der Waals surface area contributed by atoms with Gasteiger partial charge in [-0.15, -0.1) is 0 Å². The van der Waals surface area contributed by atoms with Crippen LogP contribution in [0.2, 0.25) is 5.02 Å². The van der Waals surface area contributed by atoms with E-state index in [0.717, 1.165) is 28.1 Å². The van der Waals surface area contributed by atoms with Crippen molar-refractivity contribution in [3.63, 3.8) is 0 Å². The molecule has 0 aliphatic rings. The van der Waals surface area contributed by atoms with Crippen LogP contribution in [-0.2, 0) is 0 Å². The lowest BCUT2D eigenvalue weighted by Crippen LogP contribution is -2.21. The van der Waals surface area contributed by atoms with Crippen LogP contribution >= 0.6 is 27.5 Å². The summed E-state index contributed by atoms with van der Waals surface area (Å²) >= 11 is 9.55. The van der Waals surface area contributed by atoms with Gasteiger partial charge in [0.25, 0.3) is 0 Å². The molecular weight excluding hydrogens is 314 g/mol. The van der Waals surface area contributed by atoms with Gasteiger partial charge in [0.1, 0.15) is 11.5 Å². The Hall–Kier alpha value is -0.770. The van der Waals surface area contributed by atoms with Crippen molar-refractivity contribution >= 4 is 27.5 Å². The maximum atomic E-state index is 6.15. The van der Waals surface area contributed by atoms with Gasteiger partial charge in [0.05, 0.1) is 11.1 Å². The van der Waals surface area contributed by atoms with Crippen LogP contribution in [0.3, 0.4) is 0 Å². The average molecular weight is 329 g/mol. The van der Waals surface area contributed by atoms with Crippen molar-refractivity contribution in [2.45, 2.75) is 19.9 Å². The normalized spacial score (nSPS) is 12.7. The Morgan fingerprint density at radius 1 is 1.33 bits per heavy atom. The third-order valence-electron chi connectivity index (χ3n) is 2.73. The first-order valence-corrected chi connectivity index (χ1v) is 7.03. The number of halogens is 2. The summed E-state index contributed by atoms with van der Waals surface area (Å²) in [7, 11) is 0. The number of aryl methyl sites for hydroxylation is 1. The summed E-state index contributed by atoms with van der Waals surface area (Å²) in [5, 5.41) is 4.11. The summed E-state index contributed by atoms with van der Waals surface area (Å²) in [6.45, 7) is 4.88. The minimum Gasteiger partial charge on any atom is -0.464 e. The van der Waals surface area contributed by atoms with E-state index in [-0.39, 0.29) is 6.04 Å². The van der Waals surface area contributed by atoms with Crippen LogP contribution in [0.4, 0.5) is 0 Å². The predicted octanol–water partition coefficient (Wildman–Crippen LogP) is 4.70. The second kappa shape index (κ2) is 5.91. The Kier molecular flexibility index (Phi) is 4.49. The highest BCUT2D eigenvalue weighted by Gasteiger charge is 2.17. The first-order chi connectivity index (χ1) is 8.61. The zero-order chi connectivity index (χ0) is 13.1. The van der Waals surface area contributed by atoms with Crippen LogP contribution in [-0.4, -0.2) is 6.54 Å². The molecule has 2 nitrogen and oxygen atoms in total. The van der Waals surface area contributed by atoms with E-state index in [0.29, 0.717) is 5.02 Å². The number of benzene rings is 1. The molecule has 2 rings (SSSR count). The van der Waals surface area contributed by atoms with Gasteiger partial charge in [0, 0.05) is 4.47 Å². The molecule has 4 heteroatoms. The lowest BCUT2D eigenvalue weighted by atomic mass is 10.0. The van der Waals surface area contributed by atoms with Crippen LogP contribution in [0, 0.1) is 6.92 Å². The molecular formula is C14H15BrClNO. The number of hydrogen-bond acceptors (Lipinski definition) is 2. The fraction of sp³-hybridized carbons (Fsp3) is 0.286. The van der Waals surface area contributed by atoms with E-state index < -0.39 is 0 Å². The smallest absolute Gasteiger partial charge is 0.125 e. The maximum absolute atomic E-state index is 6.15. The Bertz CT molecular complexity index is 538. The lowest BCUT2D eigenvalue weighted by molar-refractivity contribution is 0.435. The Balaban J connectivity index is 2.37. The molecule has 1 unspecified atom stereocenters. The number of furan rings is 1. The molecule has 0 bridgehead atoms. The Morgan fingerprint density at radius 3 is 2.67 bits per heavy atom. The van der Waals surface area contributed by atoms with Gasteiger partial charge in [-0.25, -0.2) is 0 Å². The molecule has 1 N–H and O–H groups in total. The standard InChI is InChI=1S/C14H15BrClNO/c1-3-17-14(13-7-4-9(2)18-13)10-5-6-11(15)12(16)8-10/h4-8,14,17H,3H2,1-2H3. The third kappa shape index (κ3) is 2.97. The van der Waals surface area contributed by atoms with Gasteiger partial charge in [-0.2, -0.15) is 0 Å². The molecule has 1 aromatic heterocycles. The van der Waals surface area contributed by atoms with Crippen LogP contribution in [0.5, 0.6) is 0 Å². The average Bonchev–Trinajstić information content (AvgIpc) is 2.76. The highest BCUT2D eigenvalue weighted by molar-refractivity contribution is 9.10. The van der Waals surface area contributed by atoms with E-state index in [1.165, 1.54) is 0 Å². The zero-order valence-corrected chi connectivity index (χ0v) is 12.7. The molecule has 0 aliphatic heterocycles. The van der Waals surface area contributed by atoms with Gasteiger partial charge in [0.2, 0.25) is 0 Å². The zero-order valence-electron chi connectivity index (χ0n) is 10.3. The van der Waals surface area contributed by atoms with E-state index in [9.17, 15) is 0 Å². The van der Waals surface area contributed by atoms with Crippen LogP contribution < -0.4 is 5.32 Å². The van der Waals surface area contributed by atoms with Gasteiger partial charge in [0.15, 0.2) is 0 Å². The monoisotopic (exact) mass is 327 g/mol. The molecule has 0 aliphatic carbocycles. The largest absolute Gasteiger partial charge is 0.464 e. The highest BCUT2D eigenvalue weighted by atomic mass is 79.9. The molecule has 0 saturated heterocycles. The van der Waals surface area contributed by atoms with E-state index in [1.54, 1.807) is 0 Å². The molecule has 18 heavy (non-hydrogen) atoms. The maximum Gasteiger partial charge on any atom is 0.125 e. The number of nitrogens with one attached hydrogen (secondary N) is 1. The van der Waals surface area contributed by atoms with Crippen molar-refractivity contribution in [1.82, 2.24) is 5.32 Å². The molecule has 0 spiro atoms. The Morgan fingerprint density at radius 2 is 2.11 bits per heavy atom. The summed E-state index contributed by atoms with van der Waals surface area (Å²) in [6, 6.07) is 9.96. The molecule has 1 aromatic carbocycles. The van der Waals surface area contributed by atoms with Crippen molar-refractivity contribution in [1.29, 1.82) is 0 Å². The van der Waals surface area contributed by atoms with Gasteiger partial charge >= 0.3 is 0 Å². The summed E-state index contributed by atoms with van der Waals surface area (Å²) in [5.41, 5.74) is 1.10. The summed E-state index contributed by atoms with van der Waals surface area (Å²) < 4.78 is 6.61. The molecule has 1 atom stereocenters. The van der Waals surface area contributed by atoms with Crippen LogP contribution in [0.15, 0.2) is 39.2 Å². The first kappa shape index (κ1) is 13.7. The van der Waals surface area contributed by atoms with Crippen molar-refractivity contribution < 1.29 is 4.42 Å². The molecule has 2 aromatic rings. The lowest BCUT2D eigenvalue weighted by Gasteiger charge is -2.16. The van der Waals surface area contributed by atoms with E-state index in [2.05, 4.69) is 28.2 Å². The molecule has 0 fully saturated rings. The quantitative estimate of drug-likeness (QED) is 0.880. The fourth-order valence-corrected chi connectivity index (χ4v) is 2.32. The molecule has 96 valence electrons. The number of hydrogen-bond donors (Lipinski definition) is 1. The minimum absolute atomic E-state index is 0.0364. The summed E-state index contributed by atoms with van der Waals surface area (Å²) in [4.78, 5) is 0. The van der Waals surface area contributed by atoms with Gasteiger partial charge in [-0.1, -0.05) is 24.6 Å². The van der Waals surface area contributed by atoms with Crippen molar-refractivity contribution in [3.05, 3.63) is 56.9 Å². The van der Waals surface area contributed by atoms with E-state index in [4.69, 9.17) is 16.0 Å². The minimum atomic E-state index is 0.0364. The van der Waals surface area contributed by atoms with E-state index >= 15 is 0 Å². The van der Waals surface area contributed by atoms with Crippen LogP contribution in [0.1, 0.15) is 30.0 Å². The van der Waals surface area contributed by atoms with Crippen molar-refractivity contribution in [3.8, 4) is 0 Å².